The van der Waals surface area contributed by atoms with Gasteiger partial charge in [-0.3, -0.25) is 0 Å². The zero-order chi connectivity index (χ0) is 12.8. The number of hydrogen-bond acceptors (Lipinski definition) is 4. The van der Waals surface area contributed by atoms with Crippen LogP contribution in [-0.2, 0) is 0 Å². The fourth-order valence-electron chi connectivity index (χ4n) is 1.50. The highest BCUT2D eigenvalue weighted by Gasteiger charge is 2.04. The molecule has 0 atom stereocenters. The van der Waals surface area contributed by atoms with Crippen LogP contribution in [0.15, 0.2) is 42.5 Å². The normalized spacial score (nSPS) is 10.1. The highest BCUT2D eigenvalue weighted by atomic mass is 16.5. The van der Waals surface area contributed by atoms with Gasteiger partial charge in [0, 0.05) is 5.69 Å². The number of nitrogens with zero attached hydrogens (tertiary/aromatic N) is 1. The molecule has 18 heavy (non-hydrogen) atoms. The Bertz CT molecular complexity index is 500. The van der Waals surface area contributed by atoms with Crippen LogP contribution in [0.3, 0.4) is 0 Å². The van der Waals surface area contributed by atoms with Crippen molar-refractivity contribution in [3.05, 3.63) is 42.5 Å². The third kappa shape index (κ3) is 3.13. The maximum atomic E-state index is 5.81. The summed E-state index contributed by atoms with van der Waals surface area (Å²) in [5.41, 5.74) is 7.35. The fraction of sp³-hybridized carbons (Fsp3) is 0.214. The summed E-state index contributed by atoms with van der Waals surface area (Å²) in [6.07, 6.45) is 0.928. The third-order valence-corrected chi connectivity index (χ3v) is 2.38. The van der Waals surface area contributed by atoms with E-state index in [1.807, 2.05) is 43.3 Å². The summed E-state index contributed by atoms with van der Waals surface area (Å²) in [6, 6.07) is 13.5. The van der Waals surface area contributed by atoms with Gasteiger partial charge in [-0.1, -0.05) is 25.1 Å². The average Bonchev–Trinajstić information content (AvgIpc) is 2.40. The number of rotatable bonds is 5. The minimum Gasteiger partial charge on any atom is -0.476 e. The number of hydrogen-bond donors (Lipinski definition) is 2. The highest BCUT2D eigenvalue weighted by molar-refractivity contribution is 5.60. The summed E-state index contributed by atoms with van der Waals surface area (Å²) in [5.74, 6) is 1.21. The van der Waals surface area contributed by atoms with Gasteiger partial charge in [-0.2, -0.15) is 4.98 Å². The van der Waals surface area contributed by atoms with Crippen LogP contribution in [0.4, 0.5) is 17.2 Å². The van der Waals surface area contributed by atoms with Gasteiger partial charge in [0.05, 0.1) is 12.3 Å². The Balaban J connectivity index is 2.14. The van der Waals surface area contributed by atoms with Crippen molar-refractivity contribution in [2.75, 3.05) is 17.7 Å². The predicted molar refractivity (Wildman–Crippen MR) is 74.2 cm³/mol. The molecule has 0 amide bonds. The fourth-order valence-corrected chi connectivity index (χ4v) is 1.50. The van der Waals surface area contributed by atoms with Crippen LogP contribution in [0.5, 0.6) is 5.88 Å². The second-order valence-corrected chi connectivity index (χ2v) is 3.93. The maximum absolute atomic E-state index is 5.81. The summed E-state index contributed by atoms with van der Waals surface area (Å²) < 4.78 is 5.49. The molecule has 1 heterocycles. The van der Waals surface area contributed by atoms with Gasteiger partial charge in [-0.05, 0) is 30.7 Å². The van der Waals surface area contributed by atoms with Crippen molar-refractivity contribution in [3.8, 4) is 5.88 Å². The standard InChI is InChI=1S/C14H17N3O/c1-2-10-18-14-12(15)8-9-13(17-14)16-11-6-4-3-5-7-11/h3-9H,2,10,15H2,1H3,(H,16,17). The van der Waals surface area contributed by atoms with Crippen molar-refractivity contribution in [1.82, 2.24) is 4.98 Å². The Hall–Kier alpha value is -2.23. The van der Waals surface area contributed by atoms with E-state index in [0.29, 0.717) is 18.2 Å². The molecule has 0 unspecified atom stereocenters. The van der Waals surface area contributed by atoms with E-state index in [4.69, 9.17) is 10.5 Å². The number of benzene rings is 1. The van der Waals surface area contributed by atoms with Crippen molar-refractivity contribution in [2.24, 2.45) is 0 Å². The van der Waals surface area contributed by atoms with E-state index in [2.05, 4.69) is 10.3 Å². The quantitative estimate of drug-likeness (QED) is 0.846. The molecule has 0 fully saturated rings. The lowest BCUT2D eigenvalue weighted by atomic mass is 10.3. The van der Waals surface area contributed by atoms with Crippen LogP contribution in [0.1, 0.15) is 13.3 Å². The number of para-hydroxylation sites is 1. The van der Waals surface area contributed by atoms with E-state index in [9.17, 15) is 0 Å². The molecular formula is C14H17N3O. The van der Waals surface area contributed by atoms with Gasteiger partial charge >= 0.3 is 0 Å². The Morgan fingerprint density at radius 1 is 1.17 bits per heavy atom. The zero-order valence-corrected chi connectivity index (χ0v) is 10.4. The van der Waals surface area contributed by atoms with E-state index in [0.717, 1.165) is 17.9 Å². The number of pyridine rings is 1. The predicted octanol–water partition coefficient (Wildman–Crippen LogP) is 3.20. The minimum absolute atomic E-state index is 0.484. The second-order valence-electron chi connectivity index (χ2n) is 3.93. The van der Waals surface area contributed by atoms with E-state index in [1.54, 1.807) is 6.07 Å². The number of aromatic nitrogens is 1. The van der Waals surface area contributed by atoms with Crippen LogP contribution < -0.4 is 15.8 Å². The van der Waals surface area contributed by atoms with Gasteiger partial charge in [0.1, 0.15) is 5.82 Å². The first-order valence-electron chi connectivity index (χ1n) is 6.01. The number of ether oxygens (including phenoxy) is 1. The summed E-state index contributed by atoms with van der Waals surface area (Å²) in [7, 11) is 0. The average molecular weight is 243 g/mol. The molecule has 3 N–H and O–H groups in total. The Morgan fingerprint density at radius 2 is 1.94 bits per heavy atom. The molecule has 2 rings (SSSR count). The van der Waals surface area contributed by atoms with Crippen molar-refractivity contribution in [1.29, 1.82) is 0 Å². The molecule has 0 aliphatic carbocycles. The van der Waals surface area contributed by atoms with Crippen LogP contribution in [-0.4, -0.2) is 11.6 Å². The SMILES string of the molecule is CCCOc1nc(Nc2ccccc2)ccc1N. The minimum atomic E-state index is 0.484. The molecule has 4 nitrogen and oxygen atoms in total. The maximum Gasteiger partial charge on any atom is 0.239 e. The number of anilines is 3. The van der Waals surface area contributed by atoms with E-state index < -0.39 is 0 Å². The highest BCUT2D eigenvalue weighted by Crippen LogP contribution is 2.23. The molecule has 4 heteroatoms. The lowest BCUT2D eigenvalue weighted by Gasteiger charge is -2.10. The molecule has 0 spiro atoms. The third-order valence-electron chi connectivity index (χ3n) is 2.38. The van der Waals surface area contributed by atoms with Gasteiger partial charge in [-0.25, -0.2) is 0 Å². The molecule has 0 saturated carbocycles. The van der Waals surface area contributed by atoms with Crippen LogP contribution in [0.2, 0.25) is 0 Å². The molecule has 1 aromatic heterocycles. The number of nitrogen functional groups attached to an aromatic ring is 1. The monoisotopic (exact) mass is 243 g/mol. The first kappa shape index (κ1) is 12.2. The zero-order valence-electron chi connectivity index (χ0n) is 10.4. The first-order chi connectivity index (χ1) is 8.79. The summed E-state index contributed by atoms with van der Waals surface area (Å²) in [6.45, 7) is 2.66. The molecule has 0 aliphatic heterocycles. The summed E-state index contributed by atoms with van der Waals surface area (Å²) in [4.78, 5) is 4.35. The second kappa shape index (κ2) is 5.91. The Kier molecular flexibility index (Phi) is 4.02. The van der Waals surface area contributed by atoms with E-state index in [1.165, 1.54) is 0 Å². The van der Waals surface area contributed by atoms with Crippen LogP contribution in [0, 0.1) is 0 Å². The lowest BCUT2D eigenvalue weighted by molar-refractivity contribution is 0.307. The topological polar surface area (TPSA) is 60.2 Å². The molecule has 1 aromatic carbocycles. The van der Waals surface area contributed by atoms with Gasteiger partial charge < -0.3 is 15.8 Å². The molecule has 0 bridgehead atoms. The molecule has 0 aliphatic rings. The molecule has 94 valence electrons. The summed E-state index contributed by atoms with van der Waals surface area (Å²) >= 11 is 0. The molecule has 2 aromatic rings. The van der Waals surface area contributed by atoms with Crippen LogP contribution in [0.25, 0.3) is 0 Å². The Labute approximate surface area is 107 Å². The smallest absolute Gasteiger partial charge is 0.239 e. The van der Waals surface area contributed by atoms with Gasteiger partial charge in [0.2, 0.25) is 5.88 Å². The summed E-state index contributed by atoms with van der Waals surface area (Å²) in [5, 5.41) is 3.20. The van der Waals surface area contributed by atoms with Gasteiger partial charge in [0.15, 0.2) is 0 Å². The first-order valence-corrected chi connectivity index (χ1v) is 6.01. The van der Waals surface area contributed by atoms with E-state index in [-0.39, 0.29) is 0 Å². The van der Waals surface area contributed by atoms with E-state index >= 15 is 0 Å². The lowest BCUT2D eigenvalue weighted by Crippen LogP contribution is -2.03. The van der Waals surface area contributed by atoms with Crippen molar-refractivity contribution in [2.45, 2.75) is 13.3 Å². The molecule has 0 radical (unpaired) electrons. The number of nitrogens with one attached hydrogen (secondary N) is 1. The van der Waals surface area contributed by atoms with Crippen LogP contribution >= 0.6 is 0 Å². The largest absolute Gasteiger partial charge is 0.476 e. The van der Waals surface area contributed by atoms with Crippen molar-refractivity contribution < 1.29 is 4.74 Å². The van der Waals surface area contributed by atoms with Gasteiger partial charge in [-0.15, -0.1) is 0 Å². The van der Waals surface area contributed by atoms with Crippen molar-refractivity contribution in [3.63, 3.8) is 0 Å². The Morgan fingerprint density at radius 3 is 2.67 bits per heavy atom. The number of nitrogens with two attached hydrogens (primary N) is 1. The van der Waals surface area contributed by atoms with Gasteiger partial charge in [0.25, 0.3) is 0 Å². The molecule has 0 saturated heterocycles. The molecular weight excluding hydrogens is 226 g/mol. The van der Waals surface area contributed by atoms with Crippen molar-refractivity contribution >= 4 is 17.2 Å².